The molecule has 46 heavy (non-hydrogen) atoms. The molecule has 3 saturated heterocycles. The molecule has 3 aliphatic heterocycles. The van der Waals surface area contributed by atoms with Gasteiger partial charge in [-0.05, 0) is 0 Å². The summed E-state index contributed by atoms with van der Waals surface area (Å²) >= 11 is 10.3. The Bertz CT molecular complexity index is 1840. The topological polar surface area (TPSA) is 269 Å². The molecule has 0 amide bonds. The van der Waals surface area contributed by atoms with Crippen LogP contribution in [0.5, 0.6) is 0 Å². The van der Waals surface area contributed by atoms with Crippen LogP contribution in [0.3, 0.4) is 0 Å². The first-order chi connectivity index (χ1) is 20.9. The predicted molar refractivity (Wildman–Crippen MR) is 151 cm³/mol. The molecule has 4 aromatic rings. The average Bonchev–Trinajstić information content (AvgIpc) is 3.73. The number of anilines is 2. The molecule has 0 aromatic carbocycles. The zero-order valence-electron chi connectivity index (χ0n) is 23.9. The van der Waals surface area contributed by atoms with Gasteiger partial charge in [-0.15, -0.1) is 0 Å². The van der Waals surface area contributed by atoms with Crippen LogP contribution in [0.4, 0.5) is 11.6 Å². The first kappa shape index (κ1) is 36.8. The van der Waals surface area contributed by atoms with Crippen molar-refractivity contribution < 1.29 is 106 Å². The van der Waals surface area contributed by atoms with E-state index in [2.05, 4.69) is 29.9 Å². The van der Waals surface area contributed by atoms with E-state index in [1.54, 1.807) is 0 Å². The number of ether oxygens (including phenoxy) is 2. The van der Waals surface area contributed by atoms with Crippen LogP contribution < -0.4 is 70.6 Å². The maximum Gasteiger partial charge on any atom is 1.00 e. The summed E-state index contributed by atoms with van der Waals surface area (Å²) in [5.41, 5.74) is 12.7. The van der Waals surface area contributed by atoms with Gasteiger partial charge in [-0.3, -0.25) is 18.3 Å². The molecule has 4 aromatic heterocycles. The summed E-state index contributed by atoms with van der Waals surface area (Å²) < 4.78 is 63.6. The van der Waals surface area contributed by atoms with Gasteiger partial charge in [0.05, 0.1) is 25.9 Å². The van der Waals surface area contributed by atoms with Gasteiger partial charge in [0.2, 0.25) is 6.80 Å². The minimum Gasteiger partial charge on any atom is -0.660 e. The first-order valence-electron chi connectivity index (χ1n) is 12.7. The molecular weight excluding hydrogens is 712 g/mol. The molecule has 10 atom stereocenters. The van der Waals surface area contributed by atoms with Crippen molar-refractivity contribution >= 4 is 72.1 Å². The maximum atomic E-state index is 13.5. The number of hydrogen-bond donors (Lipinski definition) is 4. The number of nitrogens with zero attached hydrogens (tertiary/aromatic N) is 8. The monoisotopic (exact) mass is 734 g/mol. The molecule has 0 spiro atoms. The maximum absolute atomic E-state index is 13.5. The number of fused-ring (bicyclic) bond motifs is 5. The number of aromatic nitrogens is 8. The number of imidazole rings is 2. The SMILES string of the molecule is Nc1ncnc2c1ncn2[C@@H]1O[C@@H]2COP(=O)([S-])O[C@@H]3C(O)[C@@H](COP(=O)([S-])O[C@H]2[C@H]1O)O[C@H]3n1cnc2c(N)ncnc21.[Na+].[Na+]. The second-order valence-corrected chi connectivity index (χ2v) is 15.3. The molecule has 6 N–H and O–H groups in total. The summed E-state index contributed by atoms with van der Waals surface area (Å²) in [4.78, 5) is 24.4. The third-order valence-corrected chi connectivity index (χ3v) is 10.3. The van der Waals surface area contributed by atoms with Gasteiger partial charge in [0, 0.05) is 0 Å². The number of aliphatic hydroxyl groups excluding tert-OH is 2. The van der Waals surface area contributed by atoms with Crippen molar-refractivity contribution in [3.8, 4) is 0 Å². The van der Waals surface area contributed by atoms with E-state index >= 15 is 0 Å². The molecule has 3 aliphatic rings. The Morgan fingerprint density at radius 2 is 1.20 bits per heavy atom. The molecule has 3 unspecified atom stereocenters. The molecule has 0 radical (unpaired) electrons. The van der Waals surface area contributed by atoms with Crippen LogP contribution in [-0.2, 0) is 61.2 Å². The van der Waals surface area contributed by atoms with Gasteiger partial charge in [0.15, 0.2) is 42.2 Å². The van der Waals surface area contributed by atoms with Gasteiger partial charge in [0.1, 0.15) is 60.3 Å². The molecule has 7 heterocycles. The molecule has 26 heteroatoms. The van der Waals surface area contributed by atoms with Crippen molar-refractivity contribution in [2.45, 2.75) is 49.1 Å². The van der Waals surface area contributed by atoms with E-state index in [1.807, 2.05) is 0 Å². The van der Waals surface area contributed by atoms with E-state index in [4.69, 9.17) is 63.5 Å². The molecule has 236 valence electrons. The van der Waals surface area contributed by atoms with E-state index in [9.17, 15) is 19.3 Å². The summed E-state index contributed by atoms with van der Waals surface area (Å²) in [6, 6.07) is 0. The summed E-state index contributed by atoms with van der Waals surface area (Å²) in [5.74, 6) is 0.174. The van der Waals surface area contributed by atoms with Gasteiger partial charge >= 0.3 is 59.1 Å². The Kier molecular flexibility index (Phi) is 11.2. The second kappa shape index (κ2) is 14.0. The smallest absolute Gasteiger partial charge is 0.660 e. The zero-order chi connectivity index (χ0) is 31.0. The van der Waals surface area contributed by atoms with Crippen molar-refractivity contribution in [1.82, 2.24) is 39.0 Å². The fraction of sp³-hybridized carbons (Fsp3) is 0.500. The van der Waals surface area contributed by atoms with Crippen LogP contribution in [0.2, 0.25) is 0 Å². The van der Waals surface area contributed by atoms with Crippen LogP contribution in [0.15, 0.2) is 25.3 Å². The van der Waals surface area contributed by atoms with Crippen LogP contribution in [0, 0.1) is 0 Å². The number of hydrogen-bond acceptors (Lipinski definition) is 20. The standard InChI is InChI=1S/C20H24N10O10P2S2.2Na/c21-15-9-17(25-3-23-15)29(5-27-9)19-12(32)13-8(38-19)2-36-42(34,44)40-14-11(31)7(1-35-41(33,43)39-13)37-20(14)30-6-28-10-16(22)24-4-26-18(10)30;;/h3-8,11-14,19-20,31-32H,1-2H2,(H,33,43)(H,34,44)(H2,21,23,25)(H2,22,24,26);;/q;2*+1/p-2/t7-,8-,11?,12-,13-,14-,19-,20-,41?,42?;;/m1../s1. The van der Waals surface area contributed by atoms with Gasteiger partial charge in [-0.25, -0.2) is 29.9 Å². The minimum absolute atomic E-state index is 0. The van der Waals surface area contributed by atoms with Gasteiger partial charge in [0.25, 0.3) is 0 Å². The summed E-state index contributed by atoms with van der Waals surface area (Å²) in [7, 11) is 0. The number of rotatable bonds is 2. The van der Waals surface area contributed by atoms with Crippen LogP contribution in [0.25, 0.3) is 22.3 Å². The normalized spacial score (nSPS) is 36.6. The fourth-order valence-corrected chi connectivity index (χ4v) is 8.04. The Balaban J connectivity index is 0.00000208. The van der Waals surface area contributed by atoms with E-state index < -0.39 is 75.9 Å². The third-order valence-electron chi connectivity index (χ3n) is 7.24. The summed E-state index contributed by atoms with van der Waals surface area (Å²) in [6.45, 7) is -9.98. The van der Waals surface area contributed by atoms with E-state index in [0.717, 1.165) is 0 Å². The molecule has 0 saturated carbocycles. The molecule has 0 aliphatic carbocycles. The molecule has 7 rings (SSSR count). The van der Waals surface area contributed by atoms with Crippen molar-refractivity contribution in [3.63, 3.8) is 0 Å². The Hall–Kier alpha value is -0.460. The zero-order valence-corrected chi connectivity index (χ0v) is 31.4. The number of nitrogen functional groups attached to an aromatic ring is 2. The quantitative estimate of drug-likeness (QED) is 0.0847. The minimum atomic E-state index is -4.43. The Labute approximate surface area is 313 Å². The van der Waals surface area contributed by atoms with E-state index in [-0.39, 0.29) is 93.1 Å². The first-order valence-corrected chi connectivity index (χ1v) is 17.8. The molecule has 2 bridgehead atoms. The van der Waals surface area contributed by atoms with Crippen LogP contribution >= 0.6 is 13.6 Å². The average molecular weight is 735 g/mol. The second-order valence-electron chi connectivity index (χ2n) is 9.90. The van der Waals surface area contributed by atoms with E-state index in [0.29, 0.717) is 0 Å². The van der Waals surface area contributed by atoms with Crippen LogP contribution in [0.1, 0.15) is 12.5 Å². The van der Waals surface area contributed by atoms with Crippen molar-refractivity contribution in [2.24, 2.45) is 0 Å². The van der Waals surface area contributed by atoms with Crippen molar-refractivity contribution in [2.75, 3.05) is 24.7 Å². The third kappa shape index (κ3) is 6.81. The van der Waals surface area contributed by atoms with Gasteiger partial charge in [-0.1, -0.05) is 0 Å². The molecular formula is C20H22N10Na2O10P2S2. The fourth-order valence-electron chi connectivity index (χ4n) is 5.21. The largest absolute Gasteiger partial charge is 1.00 e. The van der Waals surface area contributed by atoms with Gasteiger partial charge < -0.3 is 73.7 Å². The van der Waals surface area contributed by atoms with Crippen molar-refractivity contribution in [1.29, 1.82) is 0 Å². The number of aliphatic hydroxyl groups is 2. The predicted octanol–water partition coefficient (Wildman–Crippen LogP) is -6.52. The number of nitrogens with two attached hydrogens (primary N) is 2. The van der Waals surface area contributed by atoms with E-state index in [1.165, 1.54) is 34.4 Å². The van der Waals surface area contributed by atoms with Crippen molar-refractivity contribution in [3.05, 3.63) is 25.3 Å². The summed E-state index contributed by atoms with van der Waals surface area (Å²) in [5, 5.41) is 22.3. The molecule has 20 nitrogen and oxygen atoms in total. The Morgan fingerprint density at radius 3 is 1.76 bits per heavy atom. The van der Waals surface area contributed by atoms with Crippen LogP contribution in [-0.4, -0.2) is 99.1 Å². The summed E-state index contributed by atoms with van der Waals surface area (Å²) in [6.07, 6.45) is -5.87. The Morgan fingerprint density at radius 1 is 0.717 bits per heavy atom. The molecule has 3 fully saturated rings. The van der Waals surface area contributed by atoms with Gasteiger partial charge in [-0.2, -0.15) is 0 Å².